The van der Waals surface area contributed by atoms with E-state index in [1.165, 1.54) is 36.8 Å². The first kappa shape index (κ1) is 11.0. The summed E-state index contributed by atoms with van der Waals surface area (Å²) in [6, 6.07) is 8.90. The van der Waals surface area contributed by atoms with Crippen LogP contribution in [0.3, 0.4) is 0 Å². The molecule has 0 spiro atoms. The minimum absolute atomic E-state index is 0.403. The van der Waals surface area contributed by atoms with Gasteiger partial charge < -0.3 is 0 Å². The van der Waals surface area contributed by atoms with Crippen LogP contribution in [0.15, 0.2) is 24.3 Å². The van der Waals surface area contributed by atoms with Crippen molar-refractivity contribution in [3.63, 3.8) is 0 Å². The van der Waals surface area contributed by atoms with Crippen molar-refractivity contribution in [2.24, 2.45) is 5.41 Å². The second-order valence-electron chi connectivity index (χ2n) is 5.31. The van der Waals surface area contributed by atoms with Crippen LogP contribution < -0.4 is 0 Å². The van der Waals surface area contributed by atoms with Gasteiger partial charge in [-0.05, 0) is 43.6 Å². The summed E-state index contributed by atoms with van der Waals surface area (Å²) in [6.45, 7) is 4.51. The van der Waals surface area contributed by atoms with Gasteiger partial charge in [0.2, 0.25) is 0 Å². The summed E-state index contributed by atoms with van der Waals surface area (Å²) in [5, 5.41) is 0.403. The Hall–Kier alpha value is -0.490. The average molecular weight is 223 g/mol. The van der Waals surface area contributed by atoms with Gasteiger partial charge in [-0.25, -0.2) is 0 Å². The van der Waals surface area contributed by atoms with E-state index in [0.29, 0.717) is 10.8 Å². The zero-order valence-corrected chi connectivity index (χ0v) is 10.3. The Morgan fingerprint density at radius 2 is 2.00 bits per heavy atom. The fraction of sp³-hybridized carbons (Fsp3) is 0.571. The van der Waals surface area contributed by atoms with E-state index < -0.39 is 0 Å². The Kier molecular flexibility index (Phi) is 3.06. The largest absolute Gasteiger partial charge is 0.123 e. The zero-order chi connectivity index (χ0) is 10.9. The van der Waals surface area contributed by atoms with Gasteiger partial charge in [0.25, 0.3) is 0 Å². The van der Waals surface area contributed by atoms with Crippen molar-refractivity contribution in [3.8, 4) is 0 Å². The van der Waals surface area contributed by atoms with E-state index in [4.69, 9.17) is 11.6 Å². The highest BCUT2D eigenvalue weighted by atomic mass is 35.5. The molecule has 0 saturated heterocycles. The Bertz CT molecular complexity index is 328. The molecule has 0 radical (unpaired) electrons. The fourth-order valence-electron chi connectivity index (χ4n) is 2.60. The molecule has 1 heteroatoms. The lowest BCUT2D eigenvalue weighted by atomic mass is 9.82. The minimum atomic E-state index is 0.403. The highest BCUT2D eigenvalue weighted by Gasteiger charge is 2.33. The predicted octanol–water partition coefficient (Wildman–Crippen LogP) is 4.34. The van der Waals surface area contributed by atoms with Crippen molar-refractivity contribution in [2.45, 2.75) is 44.9 Å². The SMILES string of the molecule is Cc1ccc(CC2(C)CCC(Cl)C2)cc1. The number of hydrogen-bond donors (Lipinski definition) is 0. The van der Waals surface area contributed by atoms with Gasteiger partial charge in [0.05, 0.1) is 0 Å². The van der Waals surface area contributed by atoms with Crippen LogP contribution in [0.1, 0.15) is 37.3 Å². The molecule has 0 heterocycles. The van der Waals surface area contributed by atoms with E-state index in [1.807, 2.05) is 0 Å². The molecule has 15 heavy (non-hydrogen) atoms. The molecule has 0 amide bonds. The van der Waals surface area contributed by atoms with Crippen LogP contribution in [0, 0.1) is 12.3 Å². The molecule has 1 aliphatic rings. The van der Waals surface area contributed by atoms with E-state index in [9.17, 15) is 0 Å². The standard InChI is InChI=1S/C14H19Cl/c1-11-3-5-12(6-4-11)9-14(2)8-7-13(15)10-14/h3-6,13H,7-10H2,1-2H3. The number of benzene rings is 1. The van der Waals surface area contributed by atoms with Crippen LogP contribution in [0.5, 0.6) is 0 Å². The molecule has 2 rings (SSSR count). The van der Waals surface area contributed by atoms with Gasteiger partial charge in [-0.2, -0.15) is 0 Å². The average Bonchev–Trinajstić information content (AvgIpc) is 2.50. The second-order valence-corrected chi connectivity index (χ2v) is 5.93. The lowest BCUT2D eigenvalue weighted by Crippen LogP contribution is -2.15. The van der Waals surface area contributed by atoms with Crippen molar-refractivity contribution >= 4 is 11.6 Å². The van der Waals surface area contributed by atoms with Gasteiger partial charge in [0.15, 0.2) is 0 Å². The monoisotopic (exact) mass is 222 g/mol. The summed E-state index contributed by atoms with van der Waals surface area (Å²) in [5.74, 6) is 0. The van der Waals surface area contributed by atoms with Crippen LogP contribution in [-0.2, 0) is 6.42 Å². The van der Waals surface area contributed by atoms with Gasteiger partial charge in [0, 0.05) is 5.38 Å². The van der Waals surface area contributed by atoms with Crippen LogP contribution in [-0.4, -0.2) is 5.38 Å². The van der Waals surface area contributed by atoms with Crippen LogP contribution in [0.4, 0.5) is 0 Å². The normalized spacial score (nSPS) is 30.7. The Morgan fingerprint density at radius 3 is 2.53 bits per heavy atom. The third-order valence-electron chi connectivity index (χ3n) is 3.53. The number of alkyl halides is 1. The van der Waals surface area contributed by atoms with Crippen LogP contribution in [0.25, 0.3) is 0 Å². The third-order valence-corrected chi connectivity index (χ3v) is 3.90. The minimum Gasteiger partial charge on any atom is -0.123 e. The summed E-state index contributed by atoms with van der Waals surface area (Å²) < 4.78 is 0. The van der Waals surface area contributed by atoms with Crippen molar-refractivity contribution in [3.05, 3.63) is 35.4 Å². The summed E-state index contributed by atoms with van der Waals surface area (Å²) in [6.07, 6.45) is 4.80. The molecule has 1 aromatic carbocycles. The second kappa shape index (κ2) is 4.17. The summed E-state index contributed by atoms with van der Waals surface area (Å²) in [4.78, 5) is 0. The Labute approximate surface area is 97.6 Å². The number of halogens is 1. The highest BCUT2D eigenvalue weighted by molar-refractivity contribution is 6.20. The van der Waals surface area contributed by atoms with E-state index in [-0.39, 0.29) is 0 Å². The van der Waals surface area contributed by atoms with Gasteiger partial charge in [-0.1, -0.05) is 36.8 Å². The molecule has 1 saturated carbocycles. The van der Waals surface area contributed by atoms with Crippen molar-refractivity contribution in [1.29, 1.82) is 0 Å². The number of hydrogen-bond acceptors (Lipinski definition) is 0. The quantitative estimate of drug-likeness (QED) is 0.654. The molecule has 0 bridgehead atoms. The van der Waals surface area contributed by atoms with Gasteiger partial charge >= 0.3 is 0 Å². The molecule has 1 fully saturated rings. The maximum Gasteiger partial charge on any atom is 0.0341 e. The molecule has 82 valence electrons. The van der Waals surface area contributed by atoms with E-state index in [1.54, 1.807) is 0 Å². The van der Waals surface area contributed by atoms with Crippen LogP contribution >= 0.6 is 11.6 Å². The molecule has 0 nitrogen and oxygen atoms in total. The topological polar surface area (TPSA) is 0 Å². The lowest BCUT2D eigenvalue weighted by Gasteiger charge is -2.23. The molecule has 0 aromatic heterocycles. The Balaban J connectivity index is 2.05. The molecule has 2 unspecified atom stereocenters. The molecule has 1 aromatic rings. The Morgan fingerprint density at radius 1 is 1.33 bits per heavy atom. The van der Waals surface area contributed by atoms with Crippen LogP contribution in [0.2, 0.25) is 0 Å². The molecular weight excluding hydrogens is 204 g/mol. The third kappa shape index (κ3) is 2.75. The maximum absolute atomic E-state index is 6.19. The summed E-state index contributed by atoms with van der Waals surface area (Å²) in [7, 11) is 0. The van der Waals surface area contributed by atoms with Gasteiger partial charge in [-0.3, -0.25) is 0 Å². The maximum atomic E-state index is 6.19. The smallest absolute Gasteiger partial charge is 0.0341 e. The van der Waals surface area contributed by atoms with E-state index in [0.717, 1.165) is 0 Å². The highest BCUT2D eigenvalue weighted by Crippen LogP contribution is 2.42. The number of rotatable bonds is 2. The summed E-state index contributed by atoms with van der Waals surface area (Å²) >= 11 is 6.19. The molecule has 1 aliphatic carbocycles. The fourth-order valence-corrected chi connectivity index (χ4v) is 3.08. The van der Waals surface area contributed by atoms with Crippen molar-refractivity contribution in [2.75, 3.05) is 0 Å². The van der Waals surface area contributed by atoms with Crippen molar-refractivity contribution in [1.82, 2.24) is 0 Å². The van der Waals surface area contributed by atoms with E-state index in [2.05, 4.69) is 38.1 Å². The molecule has 0 N–H and O–H groups in total. The van der Waals surface area contributed by atoms with Gasteiger partial charge in [-0.15, -0.1) is 11.6 Å². The van der Waals surface area contributed by atoms with Gasteiger partial charge in [0.1, 0.15) is 0 Å². The number of aryl methyl sites for hydroxylation is 1. The zero-order valence-electron chi connectivity index (χ0n) is 9.59. The molecule has 0 aliphatic heterocycles. The first-order valence-electron chi connectivity index (χ1n) is 5.77. The lowest BCUT2D eigenvalue weighted by molar-refractivity contribution is 0.335. The molecule has 2 atom stereocenters. The predicted molar refractivity (Wildman–Crippen MR) is 66.5 cm³/mol. The first-order valence-corrected chi connectivity index (χ1v) is 6.21. The first-order chi connectivity index (χ1) is 7.07. The summed E-state index contributed by atoms with van der Waals surface area (Å²) in [5.41, 5.74) is 3.22. The molecular formula is C14H19Cl. The van der Waals surface area contributed by atoms with Crippen molar-refractivity contribution < 1.29 is 0 Å². The van der Waals surface area contributed by atoms with E-state index >= 15 is 0 Å².